The zero-order valence-corrected chi connectivity index (χ0v) is 20.4. The van der Waals surface area contributed by atoms with E-state index in [2.05, 4.69) is 0 Å². The van der Waals surface area contributed by atoms with E-state index in [1.165, 1.54) is 23.1 Å². The fourth-order valence-corrected chi connectivity index (χ4v) is 6.06. The van der Waals surface area contributed by atoms with E-state index in [4.69, 9.17) is 16.6 Å². The van der Waals surface area contributed by atoms with Crippen molar-refractivity contribution in [1.82, 2.24) is 14.5 Å². The number of benzene rings is 1. The first-order valence-electron chi connectivity index (χ1n) is 9.53. The molecule has 9 heteroatoms. The lowest BCUT2D eigenvalue weighted by atomic mass is 10.2. The zero-order chi connectivity index (χ0) is 22.1. The molecule has 4 aromatic rings. The number of aryl methyl sites for hydroxylation is 2. The van der Waals surface area contributed by atoms with Gasteiger partial charge in [0.15, 0.2) is 5.16 Å². The number of carbonyl (C=O) groups excluding carboxylic acids is 1. The van der Waals surface area contributed by atoms with Gasteiger partial charge in [0.2, 0.25) is 5.91 Å². The van der Waals surface area contributed by atoms with Gasteiger partial charge in [0, 0.05) is 21.8 Å². The van der Waals surface area contributed by atoms with Crippen molar-refractivity contribution in [3.05, 3.63) is 72.5 Å². The summed E-state index contributed by atoms with van der Waals surface area (Å²) in [6, 6.07) is 11.1. The Balaban J connectivity index is 1.69. The third-order valence-electron chi connectivity index (χ3n) is 4.98. The lowest BCUT2D eigenvalue weighted by Gasteiger charge is -2.17. The van der Waals surface area contributed by atoms with E-state index in [1.807, 2.05) is 31.4 Å². The topological polar surface area (TPSA) is 55.2 Å². The summed E-state index contributed by atoms with van der Waals surface area (Å²) in [5.74, 6) is 0.172. The van der Waals surface area contributed by atoms with Gasteiger partial charge in [-0.2, -0.15) is 0 Å². The number of nitrogens with zero attached hydrogens (tertiary/aromatic N) is 3. The number of thiophene rings is 2. The van der Waals surface area contributed by atoms with Gasteiger partial charge in [-0.3, -0.25) is 14.2 Å². The highest BCUT2D eigenvalue weighted by Crippen LogP contribution is 2.30. The Bertz CT molecular complexity index is 1290. The number of fused-ring (bicyclic) bond motifs is 1. The fraction of sp³-hybridized carbons (Fsp3) is 0.227. The molecule has 0 radical (unpaired) electrons. The highest BCUT2D eigenvalue weighted by Gasteiger charge is 2.19. The van der Waals surface area contributed by atoms with Gasteiger partial charge in [-0.15, -0.1) is 22.7 Å². The number of hydrogen-bond acceptors (Lipinski definition) is 6. The van der Waals surface area contributed by atoms with Crippen LogP contribution in [0.15, 0.2) is 51.7 Å². The van der Waals surface area contributed by atoms with Gasteiger partial charge < -0.3 is 4.90 Å². The fourth-order valence-electron chi connectivity index (χ4n) is 3.15. The van der Waals surface area contributed by atoms with Gasteiger partial charge in [0.25, 0.3) is 5.56 Å². The summed E-state index contributed by atoms with van der Waals surface area (Å²) in [5, 5.41) is 3.71. The molecule has 3 heterocycles. The molecule has 3 aromatic heterocycles. The average molecular weight is 490 g/mol. The number of carbonyl (C=O) groups is 1. The molecule has 0 aliphatic heterocycles. The molecule has 31 heavy (non-hydrogen) atoms. The van der Waals surface area contributed by atoms with Crippen LogP contribution < -0.4 is 5.56 Å². The van der Waals surface area contributed by atoms with E-state index >= 15 is 0 Å². The van der Waals surface area contributed by atoms with Crippen LogP contribution >= 0.6 is 46.0 Å². The van der Waals surface area contributed by atoms with Crippen LogP contribution in [-0.2, 0) is 11.3 Å². The van der Waals surface area contributed by atoms with E-state index in [9.17, 15) is 9.59 Å². The van der Waals surface area contributed by atoms with Crippen LogP contribution in [0.5, 0.6) is 0 Å². The Morgan fingerprint density at radius 1 is 1.23 bits per heavy atom. The van der Waals surface area contributed by atoms with Crippen LogP contribution in [-0.4, -0.2) is 33.2 Å². The molecule has 5 nitrogen and oxygen atoms in total. The van der Waals surface area contributed by atoms with Gasteiger partial charge in [-0.1, -0.05) is 29.4 Å². The molecule has 0 atom stereocenters. The summed E-state index contributed by atoms with van der Waals surface area (Å²) in [6.45, 7) is 4.50. The molecule has 0 saturated carbocycles. The predicted octanol–water partition coefficient (Wildman–Crippen LogP) is 5.53. The maximum Gasteiger partial charge on any atom is 0.267 e. The first kappa shape index (κ1) is 22.1. The summed E-state index contributed by atoms with van der Waals surface area (Å²) in [6.07, 6.45) is 0. The van der Waals surface area contributed by atoms with E-state index < -0.39 is 0 Å². The lowest BCUT2D eigenvalue weighted by molar-refractivity contribution is -0.127. The van der Waals surface area contributed by atoms with Crippen LogP contribution in [0.4, 0.5) is 0 Å². The van der Waals surface area contributed by atoms with Gasteiger partial charge in [-0.25, -0.2) is 4.98 Å². The molecule has 0 N–H and O–H groups in total. The van der Waals surface area contributed by atoms with Crippen LogP contribution in [0.3, 0.4) is 0 Å². The molecule has 160 valence electrons. The molecule has 0 aliphatic carbocycles. The molecule has 0 unspecified atom stereocenters. The number of thioether (sulfide) groups is 1. The van der Waals surface area contributed by atoms with Crippen LogP contribution in [0.1, 0.15) is 15.3 Å². The maximum absolute atomic E-state index is 13.4. The highest BCUT2D eigenvalue weighted by molar-refractivity contribution is 7.99. The molecular formula is C22H20ClN3O2S3. The molecule has 0 fully saturated rings. The summed E-state index contributed by atoms with van der Waals surface area (Å²) in [7, 11) is 1.79. The third-order valence-corrected chi connectivity index (χ3v) is 8.12. The Morgan fingerprint density at radius 3 is 2.65 bits per heavy atom. The standard InChI is InChI=1S/C22H20ClN3O2S3/c1-13-14(2)31-20-19(13)21(28)26(16-8-6-15(23)7-9-16)22(24-20)30-12-18(27)25(3)11-17-5-4-10-29-17/h4-10H,11-12H2,1-3H3. The number of hydrogen-bond donors (Lipinski definition) is 0. The van der Waals surface area contributed by atoms with E-state index in [0.29, 0.717) is 32.6 Å². The van der Waals surface area contributed by atoms with Crippen molar-refractivity contribution in [2.45, 2.75) is 25.5 Å². The van der Waals surface area contributed by atoms with E-state index in [0.717, 1.165) is 15.3 Å². The maximum atomic E-state index is 13.4. The van der Waals surface area contributed by atoms with Gasteiger partial charge in [0.05, 0.1) is 23.4 Å². The van der Waals surface area contributed by atoms with Crippen molar-refractivity contribution in [2.24, 2.45) is 0 Å². The monoisotopic (exact) mass is 489 g/mol. The molecule has 1 amide bonds. The number of amides is 1. The molecule has 0 bridgehead atoms. The second-order valence-electron chi connectivity index (χ2n) is 7.09. The van der Waals surface area contributed by atoms with Crippen molar-refractivity contribution >= 4 is 62.2 Å². The van der Waals surface area contributed by atoms with Crippen LogP contribution in [0.25, 0.3) is 15.9 Å². The minimum atomic E-state index is -0.129. The number of aromatic nitrogens is 2. The Labute approximate surface area is 197 Å². The van der Waals surface area contributed by atoms with Crippen molar-refractivity contribution in [1.29, 1.82) is 0 Å². The van der Waals surface area contributed by atoms with Gasteiger partial charge in [0.1, 0.15) is 4.83 Å². The second kappa shape index (κ2) is 9.16. The van der Waals surface area contributed by atoms with Crippen LogP contribution in [0, 0.1) is 13.8 Å². The molecule has 1 aromatic carbocycles. The van der Waals surface area contributed by atoms with Crippen molar-refractivity contribution < 1.29 is 4.79 Å². The van der Waals surface area contributed by atoms with Crippen molar-refractivity contribution in [2.75, 3.05) is 12.8 Å². The summed E-state index contributed by atoms with van der Waals surface area (Å²) in [5.41, 5.74) is 1.49. The van der Waals surface area contributed by atoms with Crippen LogP contribution in [0.2, 0.25) is 5.02 Å². The second-order valence-corrected chi connectivity index (χ2v) is 10.7. The lowest BCUT2D eigenvalue weighted by Crippen LogP contribution is -2.28. The van der Waals surface area contributed by atoms with E-state index in [-0.39, 0.29) is 17.2 Å². The largest absolute Gasteiger partial charge is 0.340 e. The highest BCUT2D eigenvalue weighted by atomic mass is 35.5. The molecule has 4 rings (SSSR count). The SMILES string of the molecule is Cc1sc2nc(SCC(=O)N(C)Cc3cccs3)n(-c3ccc(Cl)cc3)c(=O)c2c1C. The predicted molar refractivity (Wildman–Crippen MR) is 131 cm³/mol. The van der Waals surface area contributed by atoms with E-state index in [1.54, 1.807) is 52.1 Å². The molecule has 0 saturated heterocycles. The number of halogens is 1. The average Bonchev–Trinajstić information content (AvgIpc) is 3.35. The van der Waals surface area contributed by atoms with Gasteiger partial charge in [-0.05, 0) is 55.1 Å². The smallest absolute Gasteiger partial charge is 0.267 e. The van der Waals surface area contributed by atoms with Crippen molar-refractivity contribution in [3.63, 3.8) is 0 Å². The first-order chi connectivity index (χ1) is 14.8. The molecule has 0 aliphatic rings. The quantitative estimate of drug-likeness (QED) is 0.264. The Hall–Kier alpha value is -2.13. The summed E-state index contributed by atoms with van der Waals surface area (Å²) < 4.78 is 1.58. The summed E-state index contributed by atoms with van der Waals surface area (Å²) in [4.78, 5) is 35.5. The molecular weight excluding hydrogens is 470 g/mol. The zero-order valence-electron chi connectivity index (χ0n) is 17.2. The number of rotatable bonds is 6. The van der Waals surface area contributed by atoms with Crippen molar-refractivity contribution in [3.8, 4) is 5.69 Å². The Kier molecular flexibility index (Phi) is 6.52. The summed E-state index contributed by atoms with van der Waals surface area (Å²) >= 11 is 10.4. The first-order valence-corrected chi connectivity index (χ1v) is 12.6. The van der Waals surface area contributed by atoms with Gasteiger partial charge >= 0.3 is 0 Å². The minimum absolute atomic E-state index is 0.0195. The third kappa shape index (κ3) is 4.57. The Morgan fingerprint density at radius 2 is 1.97 bits per heavy atom. The minimum Gasteiger partial charge on any atom is -0.340 e. The molecule has 0 spiro atoms. The normalized spacial score (nSPS) is 11.2.